The number of rotatable bonds is 1. The van der Waals surface area contributed by atoms with E-state index in [-0.39, 0.29) is 19.9 Å². The Kier molecular flexibility index (Phi) is 2.90. The highest BCUT2D eigenvalue weighted by Gasteiger charge is 2.34. The average Bonchev–Trinajstić information content (AvgIpc) is 2.96. The molecule has 6 nitrogen and oxygen atoms in total. The zero-order chi connectivity index (χ0) is 13.4. The van der Waals surface area contributed by atoms with Crippen LogP contribution >= 0.6 is 0 Å². The third-order valence-corrected chi connectivity index (χ3v) is 3.13. The molecule has 2 aliphatic heterocycles. The first-order valence-corrected chi connectivity index (χ1v) is 5.91. The molecule has 2 atom stereocenters. The van der Waals surface area contributed by atoms with Gasteiger partial charge in [0.1, 0.15) is 12.3 Å². The van der Waals surface area contributed by atoms with Crippen LogP contribution in [0.4, 0.5) is 14.9 Å². The summed E-state index contributed by atoms with van der Waals surface area (Å²) in [5.41, 5.74) is 0.533. The van der Waals surface area contributed by atoms with Crippen LogP contribution in [0.3, 0.4) is 0 Å². The number of carbonyl (C=O) groups excluding carboxylic acids is 1. The summed E-state index contributed by atoms with van der Waals surface area (Å²) in [6.45, 7) is 0.0592. The molecule has 1 saturated heterocycles. The molecule has 1 aromatic rings. The van der Waals surface area contributed by atoms with E-state index in [0.717, 1.165) is 0 Å². The van der Waals surface area contributed by atoms with Gasteiger partial charge in [0.05, 0.1) is 13.1 Å². The third-order valence-electron chi connectivity index (χ3n) is 3.13. The number of benzene rings is 1. The number of ether oxygens (including phenoxy) is 2. The van der Waals surface area contributed by atoms with Crippen molar-refractivity contribution in [2.24, 2.45) is 0 Å². The molecule has 2 amide bonds. The van der Waals surface area contributed by atoms with Gasteiger partial charge in [-0.1, -0.05) is 0 Å². The van der Waals surface area contributed by atoms with Crippen LogP contribution in [0.5, 0.6) is 11.5 Å². The van der Waals surface area contributed by atoms with Crippen molar-refractivity contribution in [1.29, 1.82) is 0 Å². The van der Waals surface area contributed by atoms with Crippen LogP contribution in [0.1, 0.15) is 0 Å². The van der Waals surface area contributed by atoms with E-state index in [0.29, 0.717) is 17.2 Å². The van der Waals surface area contributed by atoms with Crippen molar-refractivity contribution >= 4 is 11.7 Å². The SMILES string of the molecule is O=C(Nc1ccc2c(c1)OCO2)N1C[C@@H](O)[C@H](F)C1. The number of fused-ring (bicyclic) bond motifs is 1. The zero-order valence-corrected chi connectivity index (χ0v) is 10.0. The monoisotopic (exact) mass is 268 g/mol. The van der Waals surface area contributed by atoms with Crippen molar-refractivity contribution in [3.63, 3.8) is 0 Å². The molecule has 0 radical (unpaired) electrons. The summed E-state index contributed by atoms with van der Waals surface area (Å²) in [5, 5.41) is 11.9. The molecule has 0 aliphatic carbocycles. The highest BCUT2D eigenvalue weighted by molar-refractivity contribution is 5.90. The van der Waals surface area contributed by atoms with Crippen molar-refractivity contribution in [2.75, 3.05) is 25.2 Å². The number of hydrogen-bond acceptors (Lipinski definition) is 4. The summed E-state index contributed by atoms with van der Waals surface area (Å²) >= 11 is 0. The van der Waals surface area contributed by atoms with E-state index in [1.165, 1.54) is 4.90 Å². The van der Waals surface area contributed by atoms with Gasteiger partial charge in [-0.3, -0.25) is 0 Å². The Morgan fingerprint density at radius 1 is 1.37 bits per heavy atom. The summed E-state index contributed by atoms with van der Waals surface area (Å²) in [5.74, 6) is 1.18. The van der Waals surface area contributed by atoms with Crippen molar-refractivity contribution in [3.8, 4) is 11.5 Å². The number of β-amino-alcohol motifs (C(OH)–C–C–N with tert-alkyl or cyclic N) is 1. The van der Waals surface area contributed by atoms with Crippen molar-refractivity contribution in [1.82, 2.24) is 4.90 Å². The molecule has 1 aromatic carbocycles. The van der Waals surface area contributed by atoms with Crippen LogP contribution in [0, 0.1) is 0 Å². The Balaban J connectivity index is 1.67. The minimum atomic E-state index is -1.39. The molecule has 0 unspecified atom stereocenters. The second-order valence-electron chi connectivity index (χ2n) is 4.49. The van der Waals surface area contributed by atoms with Crippen LogP contribution in [0.15, 0.2) is 18.2 Å². The maximum absolute atomic E-state index is 13.1. The van der Waals surface area contributed by atoms with E-state index in [2.05, 4.69) is 5.32 Å². The largest absolute Gasteiger partial charge is 0.454 e. The number of amides is 2. The van der Waals surface area contributed by atoms with Crippen molar-refractivity contribution in [3.05, 3.63) is 18.2 Å². The lowest BCUT2D eigenvalue weighted by Gasteiger charge is -2.16. The van der Waals surface area contributed by atoms with Gasteiger partial charge in [0.15, 0.2) is 11.5 Å². The molecule has 1 fully saturated rings. The first kappa shape index (κ1) is 12.0. The standard InChI is InChI=1S/C12H13FN2O4/c13-8-4-15(5-9(8)16)12(17)14-7-1-2-10-11(3-7)19-6-18-10/h1-3,8-9,16H,4-6H2,(H,14,17)/t8-,9-/m1/s1. The smallest absolute Gasteiger partial charge is 0.322 e. The number of alkyl halides is 1. The minimum Gasteiger partial charge on any atom is -0.454 e. The Labute approximate surface area is 108 Å². The number of anilines is 1. The number of aliphatic hydroxyl groups excluding tert-OH is 1. The lowest BCUT2D eigenvalue weighted by atomic mass is 10.3. The van der Waals surface area contributed by atoms with Gasteiger partial charge in [-0.15, -0.1) is 0 Å². The molecular weight excluding hydrogens is 255 g/mol. The van der Waals surface area contributed by atoms with Gasteiger partial charge in [0, 0.05) is 11.8 Å². The van der Waals surface area contributed by atoms with Crippen molar-refractivity contribution < 1.29 is 23.8 Å². The maximum Gasteiger partial charge on any atom is 0.322 e. The predicted octanol–water partition coefficient (Wildman–Crippen LogP) is 0.962. The highest BCUT2D eigenvalue weighted by atomic mass is 19.1. The molecule has 2 heterocycles. The summed E-state index contributed by atoms with van der Waals surface area (Å²) in [7, 11) is 0. The minimum absolute atomic E-state index is 0.00243. The molecule has 102 valence electrons. The lowest BCUT2D eigenvalue weighted by Crippen LogP contribution is -2.33. The van der Waals surface area contributed by atoms with E-state index in [9.17, 15) is 14.3 Å². The maximum atomic E-state index is 13.1. The van der Waals surface area contributed by atoms with E-state index < -0.39 is 18.3 Å². The number of carbonyl (C=O) groups is 1. The van der Waals surface area contributed by atoms with E-state index in [1.54, 1.807) is 18.2 Å². The Morgan fingerprint density at radius 2 is 2.16 bits per heavy atom. The fourth-order valence-corrected chi connectivity index (χ4v) is 2.09. The fraction of sp³-hybridized carbons (Fsp3) is 0.417. The number of hydrogen-bond donors (Lipinski definition) is 2. The van der Waals surface area contributed by atoms with E-state index in [4.69, 9.17) is 9.47 Å². The first-order chi connectivity index (χ1) is 9.13. The quantitative estimate of drug-likeness (QED) is 0.796. The van der Waals surface area contributed by atoms with Crippen LogP contribution in [0.25, 0.3) is 0 Å². The molecule has 0 saturated carbocycles. The zero-order valence-electron chi connectivity index (χ0n) is 10.0. The van der Waals surface area contributed by atoms with Crippen LogP contribution in [0.2, 0.25) is 0 Å². The van der Waals surface area contributed by atoms with Gasteiger partial charge in [-0.25, -0.2) is 9.18 Å². The van der Waals surface area contributed by atoms with Gasteiger partial charge in [-0.05, 0) is 12.1 Å². The lowest BCUT2D eigenvalue weighted by molar-refractivity contribution is 0.116. The number of nitrogens with one attached hydrogen (secondary N) is 1. The van der Waals surface area contributed by atoms with Gasteiger partial charge < -0.3 is 24.8 Å². The number of aliphatic hydroxyl groups is 1. The summed E-state index contributed by atoms with van der Waals surface area (Å²) < 4.78 is 23.5. The van der Waals surface area contributed by atoms with Gasteiger partial charge in [0.25, 0.3) is 0 Å². The summed E-state index contributed by atoms with van der Waals surface area (Å²) in [4.78, 5) is 13.1. The van der Waals surface area contributed by atoms with Crippen molar-refractivity contribution in [2.45, 2.75) is 12.3 Å². The topological polar surface area (TPSA) is 71.0 Å². The molecule has 2 aliphatic rings. The van der Waals surface area contributed by atoms with Gasteiger partial charge >= 0.3 is 6.03 Å². The van der Waals surface area contributed by atoms with Crippen LogP contribution < -0.4 is 14.8 Å². The molecule has 19 heavy (non-hydrogen) atoms. The Morgan fingerprint density at radius 3 is 2.89 bits per heavy atom. The molecule has 7 heteroatoms. The van der Waals surface area contributed by atoms with Gasteiger partial charge in [0.2, 0.25) is 6.79 Å². The van der Waals surface area contributed by atoms with Crippen LogP contribution in [-0.4, -0.2) is 48.2 Å². The van der Waals surface area contributed by atoms with Crippen LogP contribution in [-0.2, 0) is 0 Å². The fourth-order valence-electron chi connectivity index (χ4n) is 2.09. The Hall–Kier alpha value is -2.02. The van der Waals surface area contributed by atoms with E-state index >= 15 is 0 Å². The second-order valence-corrected chi connectivity index (χ2v) is 4.49. The normalized spacial score (nSPS) is 24.6. The second kappa shape index (κ2) is 4.58. The molecule has 0 aromatic heterocycles. The molecule has 3 rings (SSSR count). The predicted molar refractivity (Wildman–Crippen MR) is 64.1 cm³/mol. The first-order valence-electron chi connectivity index (χ1n) is 5.91. The number of urea groups is 1. The average molecular weight is 268 g/mol. The summed E-state index contributed by atoms with van der Waals surface area (Å²) in [6.07, 6.45) is -2.50. The third kappa shape index (κ3) is 2.28. The number of likely N-dealkylation sites (tertiary alicyclic amines) is 1. The molecule has 0 bridgehead atoms. The highest BCUT2D eigenvalue weighted by Crippen LogP contribution is 2.34. The number of nitrogens with zero attached hydrogens (tertiary/aromatic N) is 1. The molecule has 2 N–H and O–H groups in total. The Bertz CT molecular complexity index is 501. The molecular formula is C12H13FN2O4. The van der Waals surface area contributed by atoms with E-state index in [1.807, 2.05) is 0 Å². The number of halogens is 1. The summed E-state index contributed by atoms with van der Waals surface area (Å²) in [6, 6.07) is 4.55. The van der Waals surface area contributed by atoms with Gasteiger partial charge in [-0.2, -0.15) is 0 Å². The molecule has 0 spiro atoms.